The minimum absolute atomic E-state index is 0.0529. The monoisotopic (exact) mass is 263 g/mol. The molecule has 1 N–H and O–H groups in total. The zero-order valence-electron chi connectivity index (χ0n) is 10.6. The third-order valence-corrected chi connectivity index (χ3v) is 2.67. The molecule has 0 radical (unpaired) electrons. The molecule has 5 heteroatoms. The summed E-state index contributed by atoms with van der Waals surface area (Å²) in [6, 6.07) is 8.25. The number of hydrogen-bond acceptors (Lipinski definition) is 3. The maximum absolute atomic E-state index is 12.5. The highest BCUT2D eigenvalue weighted by atomic mass is 19.3. The second kappa shape index (κ2) is 6.33. The van der Waals surface area contributed by atoms with E-state index in [0.717, 1.165) is 17.1 Å². The van der Waals surface area contributed by atoms with Crippen LogP contribution in [0.1, 0.15) is 29.1 Å². The molecule has 0 aliphatic carbocycles. The highest BCUT2D eigenvalue weighted by Crippen LogP contribution is 2.19. The fourth-order valence-corrected chi connectivity index (χ4v) is 1.78. The van der Waals surface area contributed by atoms with Crippen molar-refractivity contribution in [3.8, 4) is 0 Å². The van der Waals surface area contributed by atoms with Crippen molar-refractivity contribution in [2.24, 2.45) is 0 Å². The van der Waals surface area contributed by atoms with Gasteiger partial charge in [0.2, 0.25) is 0 Å². The van der Waals surface area contributed by atoms with Gasteiger partial charge in [0, 0.05) is 24.8 Å². The van der Waals surface area contributed by atoms with Crippen LogP contribution in [0.3, 0.4) is 0 Å². The maximum Gasteiger partial charge on any atom is 0.263 e. The van der Waals surface area contributed by atoms with Crippen molar-refractivity contribution in [1.82, 2.24) is 15.3 Å². The molecule has 2 aromatic rings. The minimum atomic E-state index is -2.43. The Balaban J connectivity index is 1.90. The molecule has 0 amide bonds. The Morgan fingerprint density at radius 3 is 2.79 bits per heavy atom. The number of benzene rings is 1. The zero-order valence-corrected chi connectivity index (χ0v) is 10.6. The molecular weight excluding hydrogens is 248 g/mol. The van der Waals surface area contributed by atoms with Gasteiger partial charge in [-0.3, -0.25) is 0 Å². The van der Waals surface area contributed by atoms with E-state index < -0.39 is 6.43 Å². The second-order valence-corrected chi connectivity index (χ2v) is 4.24. The number of nitrogens with zero attached hydrogens (tertiary/aromatic N) is 2. The van der Waals surface area contributed by atoms with Crippen molar-refractivity contribution in [2.75, 3.05) is 0 Å². The van der Waals surface area contributed by atoms with E-state index >= 15 is 0 Å². The van der Waals surface area contributed by atoms with E-state index in [0.29, 0.717) is 13.1 Å². The molecule has 0 fully saturated rings. The lowest BCUT2D eigenvalue weighted by Crippen LogP contribution is -2.14. The molecule has 1 heterocycles. The van der Waals surface area contributed by atoms with Gasteiger partial charge in [0.25, 0.3) is 6.43 Å². The first-order valence-corrected chi connectivity index (χ1v) is 6.01. The van der Waals surface area contributed by atoms with Crippen LogP contribution < -0.4 is 5.32 Å². The van der Waals surface area contributed by atoms with Crippen LogP contribution in [0.4, 0.5) is 8.78 Å². The Labute approximate surface area is 110 Å². The van der Waals surface area contributed by atoms with E-state index in [1.165, 1.54) is 12.1 Å². The van der Waals surface area contributed by atoms with Gasteiger partial charge in [-0.05, 0) is 24.6 Å². The highest BCUT2D eigenvalue weighted by molar-refractivity contribution is 5.24. The lowest BCUT2D eigenvalue weighted by Gasteiger charge is -2.07. The van der Waals surface area contributed by atoms with Crippen molar-refractivity contribution >= 4 is 0 Å². The Morgan fingerprint density at radius 2 is 2.05 bits per heavy atom. The predicted octanol–water partition coefficient (Wildman–Crippen LogP) is 3.01. The number of aryl methyl sites for hydroxylation is 1. The molecule has 19 heavy (non-hydrogen) atoms. The summed E-state index contributed by atoms with van der Waals surface area (Å²) in [5.74, 6) is 0.721. The molecule has 0 saturated heterocycles. The Morgan fingerprint density at radius 1 is 1.21 bits per heavy atom. The van der Waals surface area contributed by atoms with Crippen LogP contribution in [-0.4, -0.2) is 9.97 Å². The zero-order chi connectivity index (χ0) is 13.7. The Bertz CT molecular complexity index is 544. The van der Waals surface area contributed by atoms with Gasteiger partial charge in [-0.1, -0.05) is 18.2 Å². The summed E-state index contributed by atoms with van der Waals surface area (Å²) in [7, 11) is 0. The van der Waals surface area contributed by atoms with Crippen molar-refractivity contribution in [3.05, 3.63) is 59.2 Å². The standard InChI is InChI=1S/C14H15F2N3/c1-10-18-6-5-13(19-10)9-17-8-11-3-2-4-12(7-11)14(15)16/h2-7,14,17H,8-9H2,1H3. The van der Waals surface area contributed by atoms with Crippen LogP contribution >= 0.6 is 0 Å². The first-order chi connectivity index (χ1) is 9.15. The van der Waals surface area contributed by atoms with Crippen LogP contribution in [0, 0.1) is 6.92 Å². The van der Waals surface area contributed by atoms with Crippen LogP contribution in [0.2, 0.25) is 0 Å². The van der Waals surface area contributed by atoms with Crippen LogP contribution in [0.25, 0.3) is 0 Å². The van der Waals surface area contributed by atoms with Gasteiger partial charge in [-0.15, -0.1) is 0 Å². The van der Waals surface area contributed by atoms with E-state index in [4.69, 9.17) is 0 Å². The van der Waals surface area contributed by atoms with Crippen molar-refractivity contribution in [2.45, 2.75) is 26.4 Å². The summed E-state index contributed by atoms with van der Waals surface area (Å²) in [5.41, 5.74) is 1.78. The summed E-state index contributed by atoms with van der Waals surface area (Å²) < 4.78 is 25.1. The number of halogens is 2. The second-order valence-electron chi connectivity index (χ2n) is 4.24. The number of alkyl halides is 2. The summed E-state index contributed by atoms with van der Waals surface area (Å²) in [5, 5.41) is 3.18. The number of hydrogen-bond donors (Lipinski definition) is 1. The van der Waals surface area contributed by atoms with Crippen LogP contribution in [-0.2, 0) is 13.1 Å². The predicted molar refractivity (Wildman–Crippen MR) is 68.7 cm³/mol. The molecule has 0 atom stereocenters. The maximum atomic E-state index is 12.5. The fourth-order valence-electron chi connectivity index (χ4n) is 1.78. The van der Waals surface area contributed by atoms with Crippen molar-refractivity contribution in [1.29, 1.82) is 0 Å². The Hall–Kier alpha value is -1.88. The third kappa shape index (κ3) is 4.06. The number of aromatic nitrogens is 2. The number of rotatable bonds is 5. The molecule has 0 aliphatic heterocycles. The molecule has 2 rings (SSSR count). The van der Waals surface area contributed by atoms with E-state index in [1.54, 1.807) is 12.3 Å². The molecule has 1 aromatic carbocycles. The molecular formula is C14H15F2N3. The smallest absolute Gasteiger partial charge is 0.263 e. The average Bonchev–Trinajstić information content (AvgIpc) is 2.39. The Kier molecular flexibility index (Phi) is 4.52. The first kappa shape index (κ1) is 13.5. The molecule has 0 unspecified atom stereocenters. The fraction of sp³-hybridized carbons (Fsp3) is 0.286. The van der Waals surface area contributed by atoms with Gasteiger partial charge in [-0.25, -0.2) is 18.7 Å². The van der Waals surface area contributed by atoms with E-state index in [1.807, 2.05) is 19.1 Å². The summed E-state index contributed by atoms with van der Waals surface area (Å²) in [6.45, 7) is 2.95. The van der Waals surface area contributed by atoms with E-state index in [-0.39, 0.29) is 5.56 Å². The quantitative estimate of drug-likeness (QED) is 0.901. The summed E-state index contributed by atoms with van der Waals surface area (Å²) >= 11 is 0. The molecule has 100 valence electrons. The molecule has 0 aliphatic rings. The van der Waals surface area contributed by atoms with Crippen LogP contribution in [0.5, 0.6) is 0 Å². The SMILES string of the molecule is Cc1nccc(CNCc2cccc(C(F)F)c2)n1. The highest BCUT2D eigenvalue weighted by Gasteiger charge is 2.06. The van der Waals surface area contributed by atoms with Gasteiger partial charge in [0.05, 0.1) is 5.69 Å². The largest absolute Gasteiger partial charge is 0.307 e. The average molecular weight is 263 g/mol. The number of nitrogens with one attached hydrogen (secondary N) is 1. The molecule has 1 aromatic heterocycles. The van der Waals surface area contributed by atoms with Gasteiger partial charge in [-0.2, -0.15) is 0 Å². The van der Waals surface area contributed by atoms with E-state index in [2.05, 4.69) is 15.3 Å². The van der Waals surface area contributed by atoms with Gasteiger partial charge >= 0.3 is 0 Å². The lowest BCUT2D eigenvalue weighted by molar-refractivity contribution is 0.151. The van der Waals surface area contributed by atoms with Crippen molar-refractivity contribution < 1.29 is 8.78 Å². The van der Waals surface area contributed by atoms with Gasteiger partial charge < -0.3 is 5.32 Å². The van der Waals surface area contributed by atoms with E-state index in [9.17, 15) is 8.78 Å². The van der Waals surface area contributed by atoms with Gasteiger partial charge in [0.1, 0.15) is 5.82 Å². The molecule has 0 bridgehead atoms. The normalized spacial score (nSPS) is 10.9. The van der Waals surface area contributed by atoms with Crippen LogP contribution in [0.15, 0.2) is 36.5 Å². The van der Waals surface area contributed by atoms with Gasteiger partial charge in [0.15, 0.2) is 0 Å². The molecule has 0 spiro atoms. The lowest BCUT2D eigenvalue weighted by atomic mass is 10.1. The first-order valence-electron chi connectivity index (χ1n) is 6.01. The minimum Gasteiger partial charge on any atom is -0.307 e. The summed E-state index contributed by atoms with van der Waals surface area (Å²) in [6.07, 6.45) is -0.721. The summed E-state index contributed by atoms with van der Waals surface area (Å²) in [4.78, 5) is 8.27. The van der Waals surface area contributed by atoms with Crippen molar-refractivity contribution in [3.63, 3.8) is 0 Å². The molecule has 0 saturated carbocycles. The third-order valence-electron chi connectivity index (χ3n) is 2.67. The molecule has 3 nitrogen and oxygen atoms in total. The topological polar surface area (TPSA) is 37.8 Å².